The zero-order valence-corrected chi connectivity index (χ0v) is 21.8. The summed E-state index contributed by atoms with van der Waals surface area (Å²) < 4.78 is 7.67. The molecule has 0 bridgehead atoms. The van der Waals surface area contributed by atoms with E-state index >= 15 is 0 Å². The van der Waals surface area contributed by atoms with Gasteiger partial charge >= 0.3 is 6.03 Å². The summed E-state index contributed by atoms with van der Waals surface area (Å²) in [4.78, 5) is 26.5. The van der Waals surface area contributed by atoms with Crippen molar-refractivity contribution in [3.05, 3.63) is 49.1 Å². The van der Waals surface area contributed by atoms with Crippen molar-refractivity contribution in [3.8, 4) is 22.5 Å². The molecule has 10 nitrogen and oxygen atoms in total. The molecule has 2 atom stereocenters. The van der Waals surface area contributed by atoms with Crippen LogP contribution in [0.3, 0.4) is 0 Å². The topological polar surface area (TPSA) is 105 Å². The molecule has 6 rings (SSSR count). The highest BCUT2D eigenvalue weighted by molar-refractivity contribution is 5.94. The normalized spacial score (nSPS) is 20.1. The van der Waals surface area contributed by atoms with Crippen LogP contribution in [0.25, 0.3) is 28.2 Å². The second-order valence-corrected chi connectivity index (χ2v) is 9.88. The Kier molecular flexibility index (Phi) is 7.12. The number of nitrogens with zero attached hydrogens (tertiary/aromatic N) is 7. The lowest BCUT2D eigenvalue weighted by Gasteiger charge is -2.27. The van der Waals surface area contributed by atoms with Crippen LogP contribution in [0.4, 0.5) is 10.6 Å². The number of H-pyrrole nitrogens is 1. The van der Waals surface area contributed by atoms with Gasteiger partial charge in [-0.1, -0.05) is 38.1 Å². The lowest BCUT2D eigenvalue weighted by atomic mass is 10.0. The fourth-order valence-electron chi connectivity index (χ4n) is 5.16. The number of urea groups is 1. The molecule has 194 valence electrons. The van der Waals surface area contributed by atoms with E-state index in [0.717, 1.165) is 48.4 Å². The van der Waals surface area contributed by atoms with Gasteiger partial charge < -0.3 is 9.64 Å². The molecule has 37 heavy (non-hydrogen) atoms. The number of ether oxygens (including phenoxy) is 1. The number of carbonyl (C=O) groups is 1. The summed E-state index contributed by atoms with van der Waals surface area (Å²) in [7, 11) is 0. The van der Waals surface area contributed by atoms with Crippen molar-refractivity contribution in [3.63, 3.8) is 0 Å². The molecule has 2 aliphatic heterocycles. The van der Waals surface area contributed by atoms with Crippen LogP contribution in [0.1, 0.15) is 33.1 Å². The predicted octanol–water partition coefficient (Wildman–Crippen LogP) is 4.44. The fraction of sp³-hybridized carbons (Fsp3) is 0.423. The molecular weight excluding hydrogens is 492 g/mol. The molecule has 1 N–H and O–H groups in total. The summed E-state index contributed by atoms with van der Waals surface area (Å²) in [6, 6.07) is 9.95. The van der Waals surface area contributed by atoms with Crippen molar-refractivity contribution in [2.24, 2.45) is 5.92 Å². The number of amides is 2. The minimum absolute atomic E-state index is 0. The van der Waals surface area contributed by atoms with Gasteiger partial charge in [-0.3, -0.25) is 10.00 Å². The minimum atomic E-state index is -0.00259. The number of hydrogen-bond acceptors (Lipinski definition) is 6. The van der Waals surface area contributed by atoms with Crippen LogP contribution < -0.4 is 4.90 Å². The van der Waals surface area contributed by atoms with Crippen molar-refractivity contribution in [2.75, 3.05) is 24.6 Å². The summed E-state index contributed by atoms with van der Waals surface area (Å²) in [5.74, 6) is 1.66. The summed E-state index contributed by atoms with van der Waals surface area (Å²) in [6.07, 6.45) is 8.57. The number of aromatic amines is 1. The van der Waals surface area contributed by atoms with Gasteiger partial charge in [-0.25, -0.2) is 19.3 Å². The third kappa shape index (κ3) is 4.78. The maximum absolute atomic E-state index is 13.6. The summed E-state index contributed by atoms with van der Waals surface area (Å²) in [5.41, 5.74) is 3.55. The van der Waals surface area contributed by atoms with E-state index in [9.17, 15) is 4.79 Å². The maximum atomic E-state index is 13.6. The number of benzene rings is 1. The van der Waals surface area contributed by atoms with Crippen molar-refractivity contribution >= 4 is 29.9 Å². The molecular formula is C26H31ClN8O2. The highest BCUT2D eigenvalue weighted by Crippen LogP contribution is 2.31. The monoisotopic (exact) mass is 522 g/mol. The number of nitrogens with one attached hydrogen (secondary N) is 1. The van der Waals surface area contributed by atoms with Crippen LogP contribution in [-0.2, 0) is 4.74 Å². The quantitative estimate of drug-likeness (QED) is 0.401. The van der Waals surface area contributed by atoms with Crippen LogP contribution in [0.15, 0.2) is 49.1 Å². The molecule has 3 aromatic heterocycles. The largest absolute Gasteiger partial charge is 0.376 e. The molecule has 0 radical (unpaired) electrons. The highest BCUT2D eigenvalue weighted by Gasteiger charge is 2.41. The fourth-order valence-corrected chi connectivity index (χ4v) is 5.16. The lowest BCUT2D eigenvalue weighted by molar-refractivity contribution is 0.00279. The van der Waals surface area contributed by atoms with E-state index in [0.29, 0.717) is 24.6 Å². The molecule has 2 fully saturated rings. The van der Waals surface area contributed by atoms with Crippen molar-refractivity contribution in [2.45, 2.75) is 45.3 Å². The zero-order valence-electron chi connectivity index (χ0n) is 20.9. The number of hydrogen-bond donors (Lipinski definition) is 1. The van der Waals surface area contributed by atoms with E-state index in [1.807, 2.05) is 52.5 Å². The van der Waals surface area contributed by atoms with Gasteiger partial charge in [0.2, 0.25) is 0 Å². The molecule has 11 heteroatoms. The Morgan fingerprint density at radius 1 is 1.14 bits per heavy atom. The van der Waals surface area contributed by atoms with Crippen LogP contribution >= 0.6 is 12.4 Å². The van der Waals surface area contributed by atoms with E-state index in [4.69, 9.17) is 9.72 Å². The van der Waals surface area contributed by atoms with Crippen LogP contribution in [-0.4, -0.2) is 72.6 Å². The Labute approximate surface area is 221 Å². The molecule has 2 aliphatic rings. The summed E-state index contributed by atoms with van der Waals surface area (Å²) in [5, 5.41) is 11.3. The predicted molar refractivity (Wildman–Crippen MR) is 143 cm³/mol. The number of aromatic nitrogens is 6. The van der Waals surface area contributed by atoms with E-state index in [2.05, 4.69) is 34.1 Å². The molecule has 0 spiro atoms. The molecule has 4 aromatic rings. The zero-order chi connectivity index (χ0) is 24.6. The first-order chi connectivity index (χ1) is 17.6. The van der Waals surface area contributed by atoms with Gasteiger partial charge in [-0.05, 0) is 36.8 Å². The van der Waals surface area contributed by atoms with Crippen molar-refractivity contribution < 1.29 is 9.53 Å². The van der Waals surface area contributed by atoms with Gasteiger partial charge in [0, 0.05) is 37.0 Å². The number of anilines is 1. The molecule has 2 saturated heterocycles. The second kappa shape index (κ2) is 10.5. The van der Waals surface area contributed by atoms with Crippen LogP contribution in [0.2, 0.25) is 0 Å². The average molecular weight is 523 g/mol. The molecule has 0 saturated carbocycles. The van der Waals surface area contributed by atoms with Crippen LogP contribution in [0, 0.1) is 5.92 Å². The number of rotatable bonds is 6. The number of fused-ring (bicyclic) bond motifs is 1. The van der Waals surface area contributed by atoms with E-state index in [1.54, 1.807) is 4.52 Å². The Hall–Kier alpha value is -3.50. The Morgan fingerprint density at radius 3 is 2.65 bits per heavy atom. The standard InChI is InChI=1S/C26H30N8O2.ClH/c1-17(2)22-15-32(14-20-5-3-4-12-36-20)26(35)34(22)23-10-11-33-25(30-23)21(13-29-33)18-6-8-19(9-7-18)24-27-16-28-31-24;/h6-11,13,16-17,20,22H,3-5,12,14-15H2,1-2H3,(H,27,28,31);1H/t20-,22-;/m1./s1. The third-order valence-corrected chi connectivity index (χ3v) is 7.17. The number of halogens is 1. The van der Waals surface area contributed by atoms with Crippen LogP contribution in [0.5, 0.6) is 0 Å². The van der Waals surface area contributed by atoms with Gasteiger partial charge in [0.05, 0.1) is 18.3 Å². The van der Waals surface area contributed by atoms with Crippen molar-refractivity contribution in [1.29, 1.82) is 0 Å². The Morgan fingerprint density at radius 2 is 1.95 bits per heavy atom. The minimum Gasteiger partial charge on any atom is -0.376 e. The average Bonchev–Trinajstić information content (AvgIpc) is 3.64. The number of carbonyl (C=O) groups excluding carboxylic acids is 1. The molecule has 0 aliphatic carbocycles. The first-order valence-electron chi connectivity index (χ1n) is 12.6. The first-order valence-corrected chi connectivity index (χ1v) is 12.6. The van der Waals surface area contributed by atoms with E-state index in [-0.39, 0.29) is 36.5 Å². The SMILES string of the molecule is CC(C)[C@H]1CN(C[C@H]2CCCCO2)C(=O)N1c1ccn2ncc(-c3ccc(-c4ncn[nH]4)cc3)c2n1.Cl. The highest BCUT2D eigenvalue weighted by atomic mass is 35.5. The summed E-state index contributed by atoms with van der Waals surface area (Å²) in [6.45, 7) is 6.41. The molecule has 2 amide bonds. The third-order valence-electron chi connectivity index (χ3n) is 7.17. The van der Waals surface area contributed by atoms with Crippen molar-refractivity contribution in [1.82, 2.24) is 34.7 Å². The lowest BCUT2D eigenvalue weighted by Crippen LogP contribution is -2.40. The smallest absolute Gasteiger partial charge is 0.326 e. The van der Waals surface area contributed by atoms with Gasteiger partial charge in [0.25, 0.3) is 0 Å². The van der Waals surface area contributed by atoms with Gasteiger partial charge in [0.15, 0.2) is 11.5 Å². The van der Waals surface area contributed by atoms with Gasteiger partial charge in [-0.15, -0.1) is 12.4 Å². The van der Waals surface area contributed by atoms with Gasteiger partial charge in [0.1, 0.15) is 12.1 Å². The Balaban J connectivity index is 0.00000280. The van der Waals surface area contributed by atoms with E-state index in [1.165, 1.54) is 6.33 Å². The maximum Gasteiger partial charge on any atom is 0.326 e. The second-order valence-electron chi connectivity index (χ2n) is 9.88. The molecule has 5 heterocycles. The van der Waals surface area contributed by atoms with Gasteiger partial charge in [-0.2, -0.15) is 10.2 Å². The Bertz CT molecular complexity index is 1350. The summed E-state index contributed by atoms with van der Waals surface area (Å²) >= 11 is 0. The molecule has 1 aromatic carbocycles. The first kappa shape index (κ1) is 25.2. The van der Waals surface area contributed by atoms with E-state index < -0.39 is 0 Å². The molecule has 0 unspecified atom stereocenters.